The van der Waals surface area contributed by atoms with E-state index in [0.29, 0.717) is 0 Å². The maximum Gasteiger partial charge on any atom is 0.494 e. The molecule has 11 rings (SSSR count). The first-order chi connectivity index (χ1) is 33.9. The van der Waals surface area contributed by atoms with E-state index in [1.54, 1.807) is 6.20 Å². The monoisotopic (exact) mass is 1150 g/mol. The van der Waals surface area contributed by atoms with E-state index in [1.807, 2.05) is 42.6 Å². The molecule has 1 aliphatic heterocycles. The van der Waals surface area contributed by atoms with Crippen molar-refractivity contribution in [2.24, 2.45) is 0 Å². The molecule has 6 nitrogen and oxygen atoms in total. The van der Waals surface area contributed by atoms with Gasteiger partial charge in [0.2, 0.25) is 0 Å². The standard InChI is InChI=1S/C28H28BNO2.C27H19BrN2.C5H3BrIN/c1-27(2)28(3,4)32-29(31-27)22-17-19-24(20-18-22)30(23-13-6-5-7-14-23)26-16-10-12-21-11-8-9-15-25(21)26;28-22-15-18-26(29-19-22)21-13-16-24(17-14-21)30(23-9-2-1-3-10-23)27-12-6-8-20-7-4-5-11-25(20)27;6-4-1-2-5(7)8-3-4/h5-20H,1-4H3;1-19H;1-3H. The lowest BCUT2D eigenvalue weighted by Crippen LogP contribution is -2.41. The van der Waals surface area contributed by atoms with Crippen LogP contribution in [0.2, 0.25) is 0 Å². The van der Waals surface area contributed by atoms with Gasteiger partial charge in [-0.05, 0) is 183 Å². The Balaban J connectivity index is 0.000000150. The van der Waals surface area contributed by atoms with Gasteiger partial charge in [0, 0.05) is 60.4 Å². The lowest BCUT2D eigenvalue weighted by atomic mass is 9.79. The van der Waals surface area contributed by atoms with Crippen LogP contribution in [0.25, 0.3) is 32.8 Å². The summed E-state index contributed by atoms with van der Waals surface area (Å²) in [4.78, 5) is 13.1. The second kappa shape index (κ2) is 21.9. The summed E-state index contributed by atoms with van der Waals surface area (Å²) in [5.74, 6) is 0. The molecule has 0 aliphatic carbocycles. The maximum absolute atomic E-state index is 6.24. The summed E-state index contributed by atoms with van der Waals surface area (Å²) >= 11 is 8.90. The zero-order valence-corrected chi connectivity index (χ0v) is 44.6. The normalized spacial score (nSPS) is 13.4. The van der Waals surface area contributed by atoms with E-state index in [1.165, 1.54) is 21.5 Å². The number of anilines is 6. The summed E-state index contributed by atoms with van der Waals surface area (Å²) in [7, 11) is -0.364. The highest BCUT2D eigenvalue weighted by Crippen LogP contribution is 2.41. The fourth-order valence-electron chi connectivity index (χ4n) is 8.26. The summed E-state index contributed by atoms with van der Waals surface area (Å²) in [6.45, 7) is 8.33. The van der Waals surface area contributed by atoms with E-state index in [4.69, 9.17) is 9.31 Å². The Hall–Kier alpha value is -6.15. The minimum Gasteiger partial charge on any atom is -0.399 e. The molecule has 70 heavy (non-hydrogen) atoms. The summed E-state index contributed by atoms with van der Waals surface area (Å²) in [5.41, 5.74) is 9.13. The third-order valence-corrected chi connectivity index (χ3v) is 14.1. The average molecular weight is 1160 g/mol. The van der Waals surface area contributed by atoms with Gasteiger partial charge in [-0.25, -0.2) is 4.98 Å². The van der Waals surface area contributed by atoms with E-state index >= 15 is 0 Å². The number of halogens is 3. The first kappa shape index (κ1) is 48.9. The molecule has 1 saturated heterocycles. The van der Waals surface area contributed by atoms with Crippen LogP contribution in [0.1, 0.15) is 27.7 Å². The molecular weight excluding hydrogens is 1110 g/mol. The van der Waals surface area contributed by atoms with Crippen LogP contribution in [0.15, 0.2) is 240 Å². The SMILES string of the molecule is Brc1ccc(-c2ccc(N(c3ccccc3)c3cccc4ccccc34)cc2)nc1.Brc1ccc(I)nc1.CC1(C)OB(c2ccc(N(c3ccccc3)c3cccc4ccccc34)cc2)OC1(C)C. The van der Waals surface area contributed by atoms with Gasteiger partial charge in [-0.2, -0.15) is 0 Å². The van der Waals surface area contributed by atoms with Crippen LogP contribution in [0.4, 0.5) is 34.1 Å². The average Bonchev–Trinajstić information content (AvgIpc) is 3.62. The van der Waals surface area contributed by atoms with Crippen LogP contribution < -0.4 is 15.3 Å². The van der Waals surface area contributed by atoms with Gasteiger partial charge < -0.3 is 19.1 Å². The molecule has 0 amide bonds. The van der Waals surface area contributed by atoms with Crippen molar-refractivity contribution >= 4 is 123 Å². The van der Waals surface area contributed by atoms with Gasteiger partial charge in [0.1, 0.15) is 3.70 Å². The van der Waals surface area contributed by atoms with E-state index < -0.39 is 0 Å². The summed E-state index contributed by atoms with van der Waals surface area (Å²) < 4.78 is 15.5. The lowest BCUT2D eigenvalue weighted by Gasteiger charge is -2.32. The molecular formula is C60H50BBr2IN4O2. The van der Waals surface area contributed by atoms with Crippen LogP contribution in [-0.4, -0.2) is 28.3 Å². The fraction of sp³-hybridized carbons (Fsp3) is 0.100. The largest absolute Gasteiger partial charge is 0.494 e. The predicted molar refractivity (Wildman–Crippen MR) is 309 cm³/mol. The minimum absolute atomic E-state index is 0.352. The summed E-state index contributed by atoms with van der Waals surface area (Å²) in [6, 6.07) is 76.0. The van der Waals surface area contributed by atoms with Crippen molar-refractivity contribution in [2.45, 2.75) is 38.9 Å². The zero-order chi connectivity index (χ0) is 48.7. The second-order valence-electron chi connectivity index (χ2n) is 17.7. The summed E-state index contributed by atoms with van der Waals surface area (Å²) in [6.07, 6.45) is 3.61. The molecule has 0 bridgehead atoms. The molecule has 346 valence electrons. The number of benzene rings is 8. The molecule has 0 spiro atoms. The highest BCUT2D eigenvalue weighted by atomic mass is 127. The molecule has 2 aromatic heterocycles. The molecule has 0 saturated carbocycles. The Labute approximate surface area is 441 Å². The Morgan fingerprint density at radius 3 is 1.29 bits per heavy atom. The number of rotatable bonds is 8. The molecule has 1 aliphatic rings. The Morgan fingerprint density at radius 2 is 0.843 bits per heavy atom. The van der Waals surface area contributed by atoms with Crippen LogP contribution in [0.3, 0.4) is 0 Å². The third kappa shape index (κ3) is 11.2. The number of aromatic nitrogens is 2. The van der Waals surface area contributed by atoms with Crippen molar-refractivity contribution in [1.82, 2.24) is 9.97 Å². The second-order valence-corrected chi connectivity index (χ2v) is 20.7. The fourth-order valence-corrected chi connectivity index (χ4v) is 9.05. The number of hydrogen-bond donors (Lipinski definition) is 0. The van der Waals surface area contributed by atoms with Crippen LogP contribution >= 0.6 is 54.5 Å². The number of para-hydroxylation sites is 2. The minimum atomic E-state index is -0.364. The number of nitrogens with zero attached hydrogens (tertiary/aromatic N) is 4. The first-order valence-corrected chi connectivity index (χ1v) is 25.7. The highest BCUT2D eigenvalue weighted by Gasteiger charge is 2.51. The number of hydrogen-bond acceptors (Lipinski definition) is 6. The Morgan fingerprint density at radius 1 is 0.429 bits per heavy atom. The van der Waals surface area contributed by atoms with Crippen molar-refractivity contribution in [3.05, 3.63) is 243 Å². The Kier molecular flexibility index (Phi) is 15.3. The van der Waals surface area contributed by atoms with Gasteiger partial charge in [-0.1, -0.05) is 133 Å². The van der Waals surface area contributed by atoms with Gasteiger partial charge in [-0.3, -0.25) is 4.98 Å². The van der Waals surface area contributed by atoms with Crippen molar-refractivity contribution in [1.29, 1.82) is 0 Å². The van der Waals surface area contributed by atoms with Crippen molar-refractivity contribution in [2.75, 3.05) is 9.80 Å². The lowest BCUT2D eigenvalue weighted by molar-refractivity contribution is 0.00578. The van der Waals surface area contributed by atoms with Crippen molar-refractivity contribution < 1.29 is 9.31 Å². The zero-order valence-electron chi connectivity index (χ0n) is 39.3. The molecule has 10 heteroatoms. The molecule has 1 fully saturated rings. The van der Waals surface area contributed by atoms with Gasteiger partial charge in [0.15, 0.2) is 0 Å². The number of pyridine rings is 2. The number of fused-ring (bicyclic) bond motifs is 2. The van der Waals surface area contributed by atoms with E-state index in [9.17, 15) is 0 Å². The maximum atomic E-state index is 6.24. The molecule has 0 unspecified atom stereocenters. The molecule has 0 atom stereocenters. The Bertz CT molecular complexity index is 3260. The third-order valence-electron chi connectivity index (χ3n) is 12.6. The quantitative estimate of drug-likeness (QED) is 0.0858. The smallest absolute Gasteiger partial charge is 0.399 e. The van der Waals surface area contributed by atoms with Gasteiger partial charge in [0.25, 0.3) is 0 Å². The van der Waals surface area contributed by atoms with Gasteiger partial charge in [0.05, 0.1) is 28.3 Å². The van der Waals surface area contributed by atoms with Crippen LogP contribution in [0.5, 0.6) is 0 Å². The topological polar surface area (TPSA) is 50.7 Å². The van der Waals surface area contributed by atoms with E-state index in [-0.39, 0.29) is 18.3 Å². The molecule has 8 aromatic carbocycles. The van der Waals surface area contributed by atoms with Crippen molar-refractivity contribution in [3.63, 3.8) is 0 Å². The molecule has 0 N–H and O–H groups in total. The van der Waals surface area contributed by atoms with E-state index in [2.05, 4.69) is 284 Å². The molecule has 0 radical (unpaired) electrons. The van der Waals surface area contributed by atoms with Crippen molar-refractivity contribution in [3.8, 4) is 11.3 Å². The first-order valence-electron chi connectivity index (χ1n) is 23.0. The van der Waals surface area contributed by atoms with Gasteiger partial charge >= 0.3 is 7.12 Å². The molecule has 3 heterocycles. The summed E-state index contributed by atoms with van der Waals surface area (Å²) in [5, 5.41) is 4.89. The van der Waals surface area contributed by atoms with E-state index in [0.717, 1.165) is 63.5 Å². The van der Waals surface area contributed by atoms with Crippen LogP contribution in [-0.2, 0) is 9.31 Å². The highest BCUT2D eigenvalue weighted by molar-refractivity contribution is 14.1. The van der Waals surface area contributed by atoms with Gasteiger partial charge in [-0.15, -0.1) is 0 Å². The molecule has 10 aromatic rings. The van der Waals surface area contributed by atoms with Crippen LogP contribution in [0, 0.1) is 3.70 Å². The predicted octanol–water partition coefficient (Wildman–Crippen LogP) is 17.2.